The van der Waals surface area contributed by atoms with Crippen molar-refractivity contribution >= 4 is 22.8 Å². The predicted octanol–water partition coefficient (Wildman–Crippen LogP) is 2.45. The van der Waals surface area contributed by atoms with E-state index in [-0.39, 0.29) is 23.8 Å². The number of carboxylic acids is 1. The minimum absolute atomic E-state index is 0.0182. The minimum Gasteiger partial charge on any atom is -0.481 e. The van der Waals surface area contributed by atoms with Crippen LogP contribution in [0.4, 0.5) is 0 Å². The number of fused-ring (bicyclic) bond motifs is 2. The van der Waals surface area contributed by atoms with Gasteiger partial charge in [-0.05, 0) is 49.8 Å². The predicted molar refractivity (Wildman–Crippen MR) is 104 cm³/mol. The van der Waals surface area contributed by atoms with Crippen LogP contribution in [0.15, 0.2) is 23.0 Å². The van der Waals surface area contributed by atoms with Gasteiger partial charge in [0, 0.05) is 38.0 Å². The van der Waals surface area contributed by atoms with Gasteiger partial charge in [-0.15, -0.1) is 0 Å². The lowest BCUT2D eigenvalue weighted by molar-refractivity contribution is -0.138. The molecule has 1 fully saturated rings. The maximum atomic E-state index is 12.9. The molecule has 7 nitrogen and oxygen atoms in total. The average Bonchev–Trinajstić information content (AvgIpc) is 2.93. The molecule has 2 aliphatic heterocycles. The van der Waals surface area contributed by atoms with Gasteiger partial charge in [0.25, 0.3) is 11.5 Å². The Morgan fingerprint density at radius 2 is 1.89 bits per heavy atom. The highest BCUT2D eigenvalue weighted by molar-refractivity contribution is 5.97. The number of nitrogens with zero attached hydrogens (tertiary/aromatic N) is 3. The summed E-state index contributed by atoms with van der Waals surface area (Å²) in [4.78, 5) is 43.0. The second kappa shape index (κ2) is 7.73. The smallest absolute Gasteiger partial charge is 0.303 e. The van der Waals surface area contributed by atoms with Crippen molar-refractivity contribution in [2.24, 2.45) is 5.92 Å². The van der Waals surface area contributed by atoms with Gasteiger partial charge in [-0.2, -0.15) is 0 Å². The number of likely N-dealkylation sites (tertiary alicyclic amines) is 1. The first kappa shape index (κ1) is 18.7. The fourth-order valence-corrected chi connectivity index (χ4v) is 4.32. The minimum atomic E-state index is -0.782. The third-order valence-corrected chi connectivity index (χ3v) is 5.93. The maximum Gasteiger partial charge on any atom is 0.303 e. The van der Waals surface area contributed by atoms with Gasteiger partial charge in [-0.25, -0.2) is 4.98 Å². The van der Waals surface area contributed by atoms with E-state index in [4.69, 9.17) is 10.1 Å². The summed E-state index contributed by atoms with van der Waals surface area (Å²) in [5.41, 5.74) is 1.11. The van der Waals surface area contributed by atoms with E-state index in [2.05, 4.69) is 0 Å². The van der Waals surface area contributed by atoms with Crippen molar-refractivity contribution in [3.05, 3.63) is 39.9 Å². The summed E-state index contributed by atoms with van der Waals surface area (Å²) in [6.07, 6.45) is 5.49. The standard InChI is InChI=1S/C21H25N3O4/c25-19(26)12-14-7-10-23(11-8-14)20(27)15-5-6-16-17(13-15)22-18-4-2-1-3-9-24(18)21(16)28/h5-6,13-14H,1-4,7-12H2,(H,25,26). The fourth-order valence-electron chi connectivity index (χ4n) is 4.32. The van der Waals surface area contributed by atoms with Gasteiger partial charge in [0.2, 0.25) is 0 Å². The molecule has 148 valence electrons. The van der Waals surface area contributed by atoms with Gasteiger partial charge in [0.15, 0.2) is 0 Å². The second-order valence-electron chi connectivity index (χ2n) is 7.86. The first-order valence-electron chi connectivity index (χ1n) is 10.1. The number of hydrogen-bond donors (Lipinski definition) is 1. The number of hydrogen-bond acceptors (Lipinski definition) is 4. The lowest BCUT2D eigenvalue weighted by Gasteiger charge is -2.31. The molecule has 2 aromatic rings. The van der Waals surface area contributed by atoms with Crippen molar-refractivity contribution in [2.75, 3.05) is 13.1 Å². The zero-order valence-corrected chi connectivity index (χ0v) is 15.9. The molecule has 1 N–H and O–H groups in total. The Morgan fingerprint density at radius 3 is 2.64 bits per heavy atom. The van der Waals surface area contributed by atoms with Gasteiger partial charge >= 0.3 is 5.97 Å². The quantitative estimate of drug-likeness (QED) is 0.879. The third-order valence-electron chi connectivity index (χ3n) is 5.93. The Labute approximate surface area is 163 Å². The summed E-state index contributed by atoms with van der Waals surface area (Å²) in [6, 6.07) is 5.15. The molecule has 28 heavy (non-hydrogen) atoms. The molecular formula is C21H25N3O4. The molecule has 4 rings (SSSR count). The topological polar surface area (TPSA) is 92.5 Å². The van der Waals surface area contributed by atoms with E-state index < -0.39 is 5.97 Å². The summed E-state index contributed by atoms with van der Waals surface area (Å²) >= 11 is 0. The molecule has 7 heteroatoms. The normalized spacial score (nSPS) is 17.9. The maximum absolute atomic E-state index is 12.9. The molecule has 1 amide bonds. The number of aliphatic carboxylic acids is 1. The number of rotatable bonds is 3. The zero-order chi connectivity index (χ0) is 19.7. The highest BCUT2D eigenvalue weighted by Gasteiger charge is 2.25. The summed E-state index contributed by atoms with van der Waals surface area (Å²) in [6.45, 7) is 1.84. The summed E-state index contributed by atoms with van der Waals surface area (Å²) in [5, 5.41) is 9.49. The molecule has 0 unspecified atom stereocenters. The number of aromatic nitrogens is 2. The molecular weight excluding hydrogens is 358 g/mol. The van der Waals surface area contributed by atoms with Gasteiger partial charge in [-0.1, -0.05) is 6.42 Å². The van der Waals surface area contributed by atoms with Crippen LogP contribution in [0.2, 0.25) is 0 Å². The zero-order valence-electron chi connectivity index (χ0n) is 15.9. The summed E-state index contributed by atoms with van der Waals surface area (Å²) in [7, 11) is 0. The van der Waals surface area contributed by atoms with E-state index in [0.717, 1.165) is 31.5 Å². The first-order chi connectivity index (χ1) is 13.5. The Balaban J connectivity index is 1.57. The Hall–Kier alpha value is -2.70. The number of carbonyl (C=O) groups excluding carboxylic acids is 1. The van der Waals surface area contributed by atoms with Crippen LogP contribution < -0.4 is 5.56 Å². The van der Waals surface area contributed by atoms with Gasteiger partial charge < -0.3 is 10.0 Å². The van der Waals surface area contributed by atoms with Crippen LogP contribution in [0.5, 0.6) is 0 Å². The Morgan fingerprint density at radius 1 is 1.11 bits per heavy atom. The van der Waals surface area contributed by atoms with Gasteiger partial charge in [-0.3, -0.25) is 19.0 Å². The van der Waals surface area contributed by atoms with Gasteiger partial charge in [0.05, 0.1) is 10.9 Å². The molecule has 0 saturated carbocycles. The van der Waals surface area contributed by atoms with E-state index >= 15 is 0 Å². The van der Waals surface area contributed by atoms with Gasteiger partial charge in [0.1, 0.15) is 5.82 Å². The number of amides is 1. The van der Waals surface area contributed by atoms with Crippen LogP contribution >= 0.6 is 0 Å². The molecule has 1 saturated heterocycles. The number of piperidine rings is 1. The molecule has 0 aliphatic carbocycles. The lowest BCUT2D eigenvalue weighted by Crippen LogP contribution is -2.39. The molecule has 0 spiro atoms. The number of benzene rings is 1. The van der Waals surface area contributed by atoms with E-state index in [1.807, 2.05) is 0 Å². The fraction of sp³-hybridized carbons (Fsp3) is 0.524. The van der Waals surface area contributed by atoms with Crippen molar-refractivity contribution < 1.29 is 14.7 Å². The molecule has 1 aromatic heterocycles. The SMILES string of the molecule is O=C(O)CC1CCN(C(=O)c2ccc3c(=O)n4c(nc3c2)CCCCC4)CC1. The largest absolute Gasteiger partial charge is 0.481 e. The second-order valence-corrected chi connectivity index (χ2v) is 7.86. The monoisotopic (exact) mass is 383 g/mol. The van der Waals surface area contributed by atoms with Crippen molar-refractivity contribution in [2.45, 2.75) is 51.5 Å². The van der Waals surface area contributed by atoms with Crippen molar-refractivity contribution in [1.29, 1.82) is 0 Å². The third kappa shape index (κ3) is 3.66. The Bertz CT molecular complexity index is 974. The molecule has 0 radical (unpaired) electrons. The number of aryl methyl sites for hydroxylation is 1. The molecule has 2 aliphatic rings. The molecule has 0 atom stereocenters. The number of carboxylic acid groups (broad SMARTS) is 1. The summed E-state index contributed by atoms with van der Waals surface area (Å²) < 4.78 is 1.78. The average molecular weight is 383 g/mol. The molecule has 1 aromatic carbocycles. The van der Waals surface area contributed by atoms with E-state index in [1.54, 1.807) is 27.7 Å². The van der Waals surface area contributed by atoms with Crippen LogP contribution in [0.3, 0.4) is 0 Å². The van der Waals surface area contributed by atoms with Crippen LogP contribution in [0.1, 0.15) is 54.7 Å². The van der Waals surface area contributed by atoms with Crippen LogP contribution in [-0.4, -0.2) is 44.5 Å². The number of carbonyl (C=O) groups is 2. The highest BCUT2D eigenvalue weighted by atomic mass is 16.4. The van der Waals surface area contributed by atoms with Crippen LogP contribution in [0, 0.1) is 5.92 Å². The first-order valence-corrected chi connectivity index (χ1v) is 10.1. The van der Waals surface area contributed by atoms with Crippen molar-refractivity contribution in [1.82, 2.24) is 14.5 Å². The van der Waals surface area contributed by atoms with Crippen molar-refractivity contribution in [3.8, 4) is 0 Å². The highest BCUT2D eigenvalue weighted by Crippen LogP contribution is 2.23. The van der Waals surface area contributed by atoms with Crippen molar-refractivity contribution in [3.63, 3.8) is 0 Å². The van der Waals surface area contributed by atoms with E-state index in [9.17, 15) is 14.4 Å². The molecule has 0 bridgehead atoms. The molecule has 3 heterocycles. The van der Waals surface area contributed by atoms with Crippen LogP contribution in [-0.2, 0) is 17.8 Å². The van der Waals surface area contributed by atoms with Crippen LogP contribution in [0.25, 0.3) is 10.9 Å². The van der Waals surface area contributed by atoms with E-state index in [0.29, 0.717) is 48.9 Å². The lowest BCUT2D eigenvalue weighted by atomic mass is 9.93. The summed E-state index contributed by atoms with van der Waals surface area (Å²) in [5.74, 6) is 0.0905. The van der Waals surface area contributed by atoms with E-state index in [1.165, 1.54) is 0 Å². The Kier molecular flexibility index (Phi) is 5.15.